The van der Waals surface area contributed by atoms with Gasteiger partial charge in [0.05, 0.1) is 0 Å². The van der Waals surface area contributed by atoms with E-state index in [4.69, 9.17) is 18.9 Å². The molecule has 0 aliphatic carbocycles. The lowest BCUT2D eigenvalue weighted by atomic mass is 9.92. The van der Waals surface area contributed by atoms with Crippen molar-refractivity contribution in [1.82, 2.24) is 0 Å². The zero-order valence-corrected chi connectivity index (χ0v) is 16.2. The Kier molecular flexibility index (Phi) is 15.3. The maximum atomic E-state index is 5.59. The van der Waals surface area contributed by atoms with Crippen LogP contribution in [0, 0.1) is 5.92 Å². The fourth-order valence-corrected chi connectivity index (χ4v) is 3.07. The average Bonchev–Trinajstić information content (AvgIpc) is 2.58. The molecule has 0 rings (SSSR count). The summed E-state index contributed by atoms with van der Waals surface area (Å²) in [5.41, 5.74) is 0. The van der Waals surface area contributed by atoms with Crippen LogP contribution in [0.5, 0.6) is 0 Å². The summed E-state index contributed by atoms with van der Waals surface area (Å²) in [7, 11) is 4.89. The molecule has 4 nitrogen and oxygen atoms in total. The van der Waals surface area contributed by atoms with Crippen molar-refractivity contribution in [2.45, 2.75) is 84.0 Å². The van der Waals surface area contributed by atoms with Crippen molar-refractivity contribution < 1.29 is 18.9 Å². The molecule has 140 valence electrons. The summed E-state index contributed by atoms with van der Waals surface area (Å²) in [6.07, 6.45) is 11.9. The van der Waals surface area contributed by atoms with Crippen LogP contribution < -0.4 is 0 Å². The van der Waals surface area contributed by atoms with Crippen molar-refractivity contribution in [2.75, 3.05) is 34.5 Å². The summed E-state index contributed by atoms with van der Waals surface area (Å²) in [6, 6.07) is 0. The van der Waals surface area contributed by atoms with E-state index in [0.717, 1.165) is 38.4 Å². The summed E-state index contributed by atoms with van der Waals surface area (Å²) >= 11 is 0. The van der Waals surface area contributed by atoms with E-state index in [1.165, 1.54) is 44.9 Å². The van der Waals surface area contributed by atoms with Gasteiger partial charge in [-0.05, 0) is 31.6 Å². The zero-order valence-electron chi connectivity index (χ0n) is 16.2. The van der Waals surface area contributed by atoms with Gasteiger partial charge < -0.3 is 18.9 Å². The van der Waals surface area contributed by atoms with Gasteiger partial charge in [0.15, 0.2) is 0 Å². The summed E-state index contributed by atoms with van der Waals surface area (Å²) in [5, 5.41) is 0. The molecule has 4 heteroatoms. The molecule has 0 aromatic rings. The minimum absolute atomic E-state index is 0.778. The van der Waals surface area contributed by atoms with Crippen LogP contribution in [0.15, 0.2) is 0 Å². The Morgan fingerprint density at radius 1 is 0.696 bits per heavy atom. The van der Waals surface area contributed by atoms with Crippen LogP contribution in [0.3, 0.4) is 0 Å². The maximum Gasteiger partial charge on any atom is 0.282 e. The predicted octanol–water partition coefficient (Wildman–Crippen LogP) is 5.15. The van der Waals surface area contributed by atoms with Crippen molar-refractivity contribution in [3.05, 3.63) is 0 Å². The molecule has 0 N–H and O–H groups in total. The van der Waals surface area contributed by atoms with E-state index >= 15 is 0 Å². The highest BCUT2D eigenvalue weighted by atomic mass is 16.9. The molecule has 0 aromatic heterocycles. The number of hydrogen-bond acceptors (Lipinski definition) is 4. The highest BCUT2D eigenvalue weighted by Gasteiger charge is 2.28. The molecule has 0 aliphatic heterocycles. The largest absolute Gasteiger partial charge is 0.381 e. The van der Waals surface area contributed by atoms with Gasteiger partial charge in [0, 0.05) is 41.0 Å². The first-order valence-electron chi connectivity index (χ1n) is 9.41. The van der Waals surface area contributed by atoms with Gasteiger partial charge in [-0.1, -0.05) is 46.0 Å². The van der Waals surface area contributed by atoms with Gasteiger partial charge in [-0.2, -0.15) is 0 Å². The molecule has 0 heterocycles. The highest BCUT2D eigenvalue weighted by Crippen LogP contribution is 2.24. The summed E-state index contributed by atoms with van der Waals surface area (Å²) in [6.45, 7) is 6.26. The summed E-state index contributed by atoms with van der Waals surface area (Å²) in [4.78, 5) is 0. The second-order valence-corrected chi connectivity index (χ2v) is 6.30. The quantitative estimate of drug-likeness (QED) is 0.272. The Bertz CT molecular complexity index is 233. The fraction of sp³-hybridized carbons (Fsp3) is 1.00. The van der Waals surface area contributed by atoms with Crippen molar-refractivity contribution in [3.63, 3.8) is 0 Å². The van der Waals surface area contributed by atoms with Crippen LogP contribution in [0.4, 0.5) is 0 Å². The number of unbranched alkanes of at least 4 members (excludes halogenated alkanes) is 2. The minimum Gasteiger partial charge on any atom is -0.381 e. The third-order valence-corrected chi connectivity index (χ3v) is 4.47. The van der Waals surface area contributed by atoms with E-state index in [-0.39, 0.29) is 0 Å². The second kappa shape index (κ2) is 15.4. The van der Waals surface area contributed by atoms with E-state index in [9.17, 15) is 0 Å². The maximum absolute atomic E-state index is 5.59. The summed E-state index contributed by atoms with van der Waals surface area (Å²) < 4.78 is 21.6. The number of methoxy groups -OCH3 is 3. The molecule has 0 fully saturated rings. The Hall–Kier alpha value is -0.160. The van der Waals surface area contributed by atoms with Gasteiger partial charge in [-0.3, -0.25) is 0 Å². The van der Waals surface area contributed by atoms with E-state index in [1.807, 2.05) is 0 Å². The normalized spacial score (nSPS) is 13.4. The van der Waals surface area contributed by atoms with Gasteiger partial charge >= 0.3 is 0 Å². The monoisotopic (exact) mass is 332 g/mol. The van der Waals surface area contributed by atoms with Crippen molar-refractivity contribution >= 4 is 0 Å². The SMILES string of the molecule is CCCOCCCC(CCC)CCCCCC(OC)(OC)OC. The highest BCUT2D eigenvalue weighted by molar-refractivity contribution is 4.62. The van der Waals surface area contributed by atoms with E-state index < -0.39 is 5.97 Å². The molecule has 1 atom stereocenters. The lowest BCUT2D eigenvalue weighted by molar-refractivity contribution is -0.355. The van der Waals surface area contributed by atoms with Gasteiger partial charge in [-0.15, -0.1) is 0 Å². The van der Waals surface area contributed by atoms with Crippen LogP contribution in [-0.4, -0.2) is 40.5 Å². The molecule has 0 radical (unpaired) electrons. The molecule has 1 unspecified atom stereocenters. The zero-order chi connectivity index (χ0) is 17.4. The molecule has 0 saturated carbocycles. The molecular formula is C19H40O4. The molecule has 0 spiro atoms. The first-order valence-corrected chi connectivity index (χ1v) is 9.41. The van der Waals surface area contributed by atoms with Crippen LogP contribution in [0.2, 0.25) is 0 Å². The Morgan fingerprint density at radius 2 is 1.35 bits per heavy atom. The van der Waals surface area contributed by atoms with Gasteiger partial charge in [0.1, 0.15) is 0 Å². The lowest BCUT2D eigenvalue weighted by Gasteiger charge is -2.28. The van der Waals surface area contributed by atoms with Crippen molar-refractivity contribution in [1.29, 1.82) is 0 Å². The number of hydrogen-bond donors (Lipinski definition) is 0. The van der Waals surface area contributed by atoms with Gasteiger partial charge in [-0.25, -0.2) is 0 Å². The lowest BCUT2D eigenvalue weighted by Crippen LogP contribution is -2.35. The van der Waals surface area contributed by atoms with Crippen LogP contribution in [0.1, 0.15) is 78.1 Å². The average molecular weight is 333 g/mol. The van der Waals surface area contributed by atoms with Crippen molar-refractivity contribution in [3.8, 4) is 0 Å². The van der Waals surface area contributed by atoms with Crippen LogP contribution in [0.25, 0.3) is 0 Å². The van der Waals surface area contributed by atoms with Crippen LogP contribution in [-0.2, 0) is 18.9 Å². The van der Waals surface area contributed by atoms with E-state index in [1.54, 1.807) is 21.3 Å². The second-order valence-electron chi connectivity index (χ2n) is 6.30. The van der Waals surface area contributed by atoms with Crippen LogP contribution >= 0.6 is 0 Å². The summed E-state index contributed by atoms with van der Waals surface area (Å²) in [5.74, 6) is -0.0124. The van der Waals surface area contributed by atoms with Gasteiger partial charge in [0.2, 0.25) is 0 Å². The minimum atomic E-state index is -0.862. The molecule has 0 amide bonds. The number of ether oxygens (including phenoxy) is 4. The number of rotatable bonds is 17. The molecule has 0 bridgehead atoms. The molecule has 0 aliphatic rings. The van der Waals surface area contributed by atoms with E-state index in [0.29, 0.717) is 0 Å². The Morgan fingerprint density at radius 3 is 1.91 bits per heavy atom. The Balaban J connectivity index is 3.82. The first kappa shape index (κ1) is 22.8. The Labute approximate surface area is 144 Å². The third-order valence-electron chi connectivity index (χ3n) is 4.47. The predicted molar refractivity (Wildman–Crippen MR) is 95.6 cm³/mol. The topological polar surface area (TPSA) is 36.9 Å². The third kappa shape index (κ3) is 11.1. The smallest absolute Gasteiger partial charge is 0.282 e. The molecule has 0 saturated heterocycles. The van der Waals surface area contributed by atoms with E-state index in [2.05, 4.69) is 13.8 Å². The first-order chi connectivity index (χ1) is 11.2. The molecule has 23 heavy (non-hydrogen) atoms. The molecule has 0 aromatic carbocycles. The fourth-order valence-electron chi connectivity index (χ4n) is 3.07. The van der Waals surface area contributed by atoms with Gasteiger partial charge in [0.25, 0.3) is 5.97 Å². The molecular weight excluding hydrogens is 292 g/mol. The van der Waals surface area contributed by atoms with Crippen molar-refractivity contribution in [2.24, 2.45) is 5.92 Å². The standard InChI is InChI=1S/C19H40O4/c1-6-12-18(14-11-17-23-16-7-2)13-9-8-10-15-19(20-3,21-4)22-5/h18H,6-17H2,1-5H3.